The molecule has 82 valence electrons. The monoisotopic (exact) mass is 203 g/mol. The average Bonchev–Trinajstić information content (AvgIpc) is 2.19. The lowest BCUT2D eigenvalue weighted by Crippen LogP contribution is -2.29. The van der Waals surface area contributed by atoms with Crippen LogP contribution in [0.4, 0.5) is 0 Å². The Labute approximate surface area is 94.6 Å². The molecule has 1 aromatic rings. The summed E-state index contributed by atoms with van der Waals surface area (Å²) in [5.41, 5.74) is 1.24. The van der Waals surface area contributed by atoms with Gasteiger partial charge in [0.2, 0.25) is 0 Å². The lowest BCUT2D eigenvalue weighted by molar-refractivity contribution is 0.500. The molecule has 1 nitrogen and oxygen atoms in total. The van der Waals surface area contributed by atoms with Gasteiger partial charge in [0.05, 0.1) is 0 Å². The number of hydrogen-bond donors (Lipinski definition) is 0. The molecule has 0 spiro atoms. The van der Waals surface area contributed by atoms with E-state index >= 15 is 0 Å². The average molecular weight is 203 g/mol. The van der Waals surface area contributed by atoms with E-state index < -0.39 is 0 Å². The molecule has 0 saturated carbocycles. The zero-order valence-electron chi connectivity index (χ0n) is 10.3. The van der Waals surface area contributed by atoms with Gasteiger partial charge in [-0.15, -0.1) is 0 Å². The minimum atomic E-state index is 0.442. The Bertz CT molecular complexity index is 265. The van der Waals surface area contributed by atoms with E-state index in [1.807, 2.05) is 12.3 Å². The van der Waals surface area contributed by atoms with Crippen LogP contribution in [0, 0.1) is 0 Å². The third kappa shape index (κ3) is 4.07. The van der Waals surface area contributed by atoms with Crippen molar-refractivity contribution in [1.82, 2.24) is 4.98 Å². The van der Waals surface area contributed by atoms with Gasteiger partial charge in [0.1, 0.15) is 0 Å². The summed E-state index contributed by atoms with van der Waals surface area (Å²) in [6, 6.07) is 6.21. The topological polar surface area (TPSA) is 12.9 Å². The largest absolute Gasteiger partial charge is 0.272 e. The molecule has 1 rings (SSSR count). The Balaban J connectivity index is 2.66. The van der Waals surface area contributed by atoms with Crippen LogP contribution >= 0.6 is 0 Å². The Morgan fingerprint density at radius 1 is 1.20 bits per heavy atom. The molecule has 0 aliphatic carbocycles. The predicted molar refractivity (Wildman–Crippen MR) is 69.2 cm³/mol. The van der Waals surface area contributed by atoms with Gasteiger partial charge in [-0.25, -0.2) is 0 Å². The van der Waals surface area contributed by atoms with Gasteiger partial charge in [0.25, 0.3) is 0 Å². The maximum atomic E-state index is 4.43. The van der Waals surface area contributed by atoms with Gasteiger partial charge in [-0.05, 0) is 6.07 Å². The highest BCUT2D eigenvalue weighted by atomic mass is 14.6. The van der Waals surface area contributed by atoms with Crippen LogP contribution < -0.4 is 5.59 Å². The number of nitrogens with zero attached hydrogens (tertiary/aromatic N) is 1. The van der Waals surface area contributed by atoms with E-state index in [0.717, 1.165) is 7.28 Å². The SMILES string of the molecule is CCCC(C)(Bc1ccccn1)CCC. The highest BCUT2D eigenvalue weighted by molar-refractivity contribution is 6.55. The molecule has 0 unspecified atom stereocenters. The third-order valence-electron chi connectivity index (χ3n) is 3.04. The zero-order chi connectivity index (χ0) is 11.1. The molecule has 0 atom stereocenters. The zero-order valence-corrected chi connectivity index (χ0v) is 10.3. The molecular weight excluding hydrogens is 181 g/mol. The quantitative estimate of drug-likeness (QED) is 0.648. The van der Waals surface area contributed by atoms with Crippen molar-refractivity contribution in [3.8, 4) is 0 Å². The second-order valence-corrected chi connectivity index (χ2v) is 4.81. The van der Waals surface area contributed by atoms with Gasteiger partial charge in [-0.2, -0.15) is 0 Å². The Morgan fingerprint density at radius 2 is 1.87 bits per heavy atom. The second kappa shape index (κ2) is 5.94. The van der Waals surface area contributed by atoms with Crippen molar-refractivity contribution in [3.05, 3.63) is 24.4 Å². The molecule has 0 aliphatic rings. The fraction of sp³-hybridized carbons (Fsp3) is 0.615. The van der Waals surface area contributed by atoms with Crippen molar-refractivity contribution in [2.75, 3.05) is 0 Å². The summed E-state index contributed by atoms with van der Waals surface area (Å²) in [5, 5.41) is 0.442. The van der Waals surface area contributed by atoms with Crippen LogP contribution in [0.15, 0.2) is 24.4 Å². The standard InChI is InChI=1S/C13H22BN/c1-4-9-13(3,10-5-2)14-12-8-6-7-11-15-12/h6-8,11,14H,4-5,9-10H2,1-3H3. The first kappa shape index (κ1) is 12.3. The Hall–Kier alpha value is -0.785. The summed E-state index contributed by atoms with van der Waals surface area (Å²) in [6.45, 7) is 6.94. The number of hydrogen-bond acceptors (Lipinski definition) is 1. The number of aromatic nitrogens is 1. The molecule has 0 aromatic carbocycles. The van der Waals surface area contributed by atoms with Crippen LogP contribution in [0.25, 0.3) is 0 Å². The summed E-state index contributed by atoms with van der Waals surface area (Å²) in [4.78, 5) is 4.43. The van der Waals surface area contributed by atoms with Crippen molar-refractivity contribution < 1.29 is 0 Å². The van der Waals surface area contributed by atoms with E-state index in [-0.39, 0.29) is 0 Å². The highest BCUT2D eigenvalue weighted by Crippen LogP contribution is 2.35. The van der Waals surface area contributed by atoms with Crippen molar-refractivity contribution in [2.24, 2.45) is 0 Å². The summed E-state index contributed by atoms with van der Waals surface area (Å²) < 4.78 is 0. The minimum absolute atomic E-state index is 0.442. The normalized spacial score (nSPS) is 11.4. The smallest absolute Gasteiger partial charge is 0.188 e. The number of rotatable bonds is 6. The summed E-state index contributed by atoms with van der Waals surface area (Å²) in [7, 11) is 1.12. The third-order valence-corrected chi connectivity index (χ3v) is 3.04. The van der Waals surface area contributed by atoms with Gasteiger partial charge in [0.15, 0.2) is 7.28 Å². The molecule has 0 aliphatic heterocycles. The van der Waals surface area contributed by atoms with Gasteiger partial charge < -0.3 is 0 Å². The van der Waals surface area contributed by atoms with Gasteiger partial charge in [-0.3, -0.25) is 4.98 Å². The predicted octanol–water partition coefficient (Wildman–Crippen LogP) is 2.92. The second-order valence-electron chi connectivity index (χ2n) is 4.81. The van der Waals surface area contributed by atoms with E-state index in [4.69, 9.17) is 0 Å². The van der Waals surface area contributed by atoms with Crippen LogP contribution in [0.3, 0.4) is 0 Å². The number of pyridine rings is 1. The summed E-state index contributed by atoms with van der Waals surface area (Å²) >= 11 is 0. The Kier molecular flexibility index (Phi) is 4.87. The molecule has 0 N–H and O–H groups in total. The van der Waals surface area contributed by atoms with Crippen LogP contribution in [-0.4, -0.2) is 12.3 Å². The molecule has 0 saturated heterocycles. The van der Waals surface area contributed by atoms with Gasteiger partial charge in [0, 0.05) is 11.8 Å². The van der Waals surface area contributed by atoms with Gasteiger partial charge in [-0.1, -0.05) is 63.9 Å². The fourth-order valence-corrected chi connectivity index (χ4v) is 2.45. The molecule has 0 fully saturated rings. The summed E-state index contributed by atoms with van der Waals surface area (Å²) in [5.74, 6) is 0. The van der Waals surface area contributed by atoms with Gasteiger partial charge >= 0.3 is 0 Å². The van der Waals surface area contributed by atoms with E-state index in [1.54, 1.807) is 0 Å². The molecule has 1 heterocycles. The van der Waals surface area contributed by atoms with Crippen LogP contribution in [0.1, 0.15) is 46.5 Å². The molecule has 15 heavy (non-hydrogen) atoms. The van der Waals surface area contributed by atoms with E-state index in [0.29, 0.717) is 5.31 Å². The lowest BCUT2D eigenvalue weighted by Gasteiger charge is -2.27. The first-order chi connectivity index (χ1) is 7.20. The Morgan fingerprint density at radius 3 is 2.33 bits per heavy atom. The first-order valence-electron chi connectivity index (χ1n) is 6.10. The van der Waals surface area contributed by atoms with Crippen molar-refractivity contribution in [2.45, 2.75) is 51.8 Å². The van der Waals surface area contributed by atoms with E-state index in [2.05, 4.69) is 37.9 Å². The molecule has 0 amide bonds. The molecule has 0 bridgehead atoms. The van der Waals surface area contributed by atoms with Crippen molar-refractivity contribution in [3.63, 3.8) is 0 Å². The molecule has 2 heteroatoms. The fourth-order valence-electron chi connectivity index (χ4n) is 2.45. The molecular formula is C13H22BN. The maximum absolute atomic E-state index is 4.43. The molecule has 1 aromatic heterocycles. The van der Waals surface area contributed by atoms with Crippen molar-refractivity contribution >= 4 is 12.9 Å². The van der Waals surface area contributed by atoms with Crippen LogP contribution in [0.5, 0.6) is 0 Å². The highest BCUT2D eigenvalue weighted by Gasteiger charge is 2.24. The minimum Gasteiger partial charge on any atom is -0.272 e. The molecule has 0 radical (unpaired) electrons. The van der Waals surface area contributed by atoms with Crippen molar-refractivity contribution in [1.29, 1.82) is 0 Å². The first-order valence-corrected chi connectivity index (χ1v) is 6.10. The van der Waals surface area contributed by atoms with E-state index in [9.17, 15) is 0 Å². The van der Waals surface area contributed by atoms with Crippen LogP contribution in [0.2, 0.25) is 5.31 Å². The maximum Gasteiger partial charge on any atom is 0.188 e. The lowest BCUT2D eigenvalue weighted by atomic mass is 9.48. The summed E-state index contributed by atoms with van der Waals surface area (Å²) in [6.07, 6.45) is 7.04. The van der Waals surface area contributed by atoms with Crippen LogP contribution in [-0.2, 0) is 0 Å². The van der Waals surface area contributed by atoms with E-state index in [1.165, 1.54) is 31.3 Å².